The number of amides is 1. The molecule has 1 amide bonds. The normalized spacial score (nSPS) is 18.7. The first-order valence-electron chi connectivity index (χ1n) is 11.0. The van der Waals surface area contributed by atoms with Crippen LogP contribution in [0.4, 0.5) is 0 Å². The summed E-state index contributed by atoms with van der Waals surface area (Å²) in [4.78, 5) is 22.8. The van der Waals surface area contributed by atoms with Crippen molar-refractivity contribution in [2.24, 2.45) is 4.99 Å². The molecule has 1 N–H and O–H groups in total. The average molecular weight is 569 g/mol. The van der Waals surface area contributed by atoms with E-state index in [1.54, 1.807) is 18.4 Å². The van der Waals surface area contributed by atoms with Gasteiger partial charge in [0.15, 0.2) is 5.96 Å². The Labute approximate surface area is 212 Å². The Morgan fingerprint density at radius 2 is 2.09 bits per heavy atom. The summed E-state index contributed by atoms with van der Waals surface area (Å²) in [5.74, 6) is 1.04. The Bertz CT molecular complexity index is 961. The highest BCUT2D eigenvalue weighted by Crippen LogP contribution is 2.26. The third-order valence-electron chi connectivity index (χ3n) is 6.13. The number of guanidine groups is 1. The molecule has 0 radical (unpaired) electrons. The molecule has 174 valence electrons. The molecule has 1 unspecified atom stereocenters. The maximum absolute atomic E-state index is 12.7. The summed E-state index contributed by atoms with van der Waals surface area (Å²) in [5.41, 5.74) is 5.06. The number of aryl methyl sites for hydroxylation is 2. The average Bonchev–Trinajstić information content (AvgIpc) is 3.24. The van der Waals surface area contributed by atoms with E-state index in [1.807, 2.05) is 4.90 Å². The summed E-state index contributed by atoms with van der Waals surface area (Å²) >= 11 is 1.80. The van der Waals surface area contributed by atoms with Gasteiger partial charge in [-0.2, -0.15) is 0 Å². The summed E-state index contributed by atoms with van der Waals surface area (Å²) in [6.07, 6.45) is 1.48. The van der Waals surface area contributed by atoms with Crippen molar-refractivity contribution in [1.82, 2.24) is 15.1 Å². The van der Waals surface area contributed by atoms with E-state index in [2.05, 4.69) is 58.7 Å². The van der Waals surface area contributed by atoms with Crippen LogP contribution in [0.25, 0.3) is 0 Å². The molecule has 2 aliphatic heterocycles. The molecule has 4 rings (SSSR count). The van der Waals surface area contributed by atoms with Crippen LogP contribution in [0, 0.1) is 13.8 Å². The van der Waals surface area contributed by atoms with Crippen LogP contribution in [-0.4, -0.2) is 61.5 Å². The zero-order valence-electron chi connectivity index (χ0n) is 19.1. The van der Waals surface area contributed by atoms with Crippen LogP contribution < -0.4 is 5.32 Å². The lowest BCUT2D eigenvalue weighted by Crippen LogP contribution is -2.49. The van der Waals surface area contributed by atoms with Gasteiger partial charge < -0.3 is 19.9 Å². The standard InChI is InChI=1S/C24H32N4O2S.HI/c1-17-4-5-20(18(2)14-17)21-16-28(11-12-30-21)24(25-3)26-9-6-23(29)27-10-7-22-19(15-27)8-13-31-22;/h4-5,8,13-14,21H,6-7,9-12,15-16H2,1-3H3,(H,25,26);1H. The second kappa shape index (κ2) is 11.5. The van der Waals surface area contributed by atoms with Gasteiger partial charge in [-0.25, -0.2) is 0 Å². The number of morpholine rings is 1. The molecule has 0 aliphatic carbocycles. The minimum absolute atomic E-state index is 0. The summed E-state index contributed by atoms with van der Waals surface area (Å²) in [5, 5.41) is 5.52. The van der Waals surface area contributed by atoms with Crippen LogP contribution in [0.3, 0.4) is 0 Å². The molecule has 6 nitrogen and oxygen atoms in total. The van der Waals surface area contributed by atoms with Gasteiger partial charge in [0.05, 0.1) is 13.2 Å². The zero-order valence-corrected chi connectivity index (χ0v) is 22.2. The Hall–Kier alpha value is -1.65. The van der Waals surface area contributed by atoms with Crippen molar-refractivity contribution < 1.29 is 9.53 Å². The fourth-order valence-electron chi connectivity index (χ4n) is 4.45. The molecule has 1 saturated heterocycles. The number of nitrogens with one attached hydrogen (secondary N) is 1. The number of nitrogens with zero attached hydrogens (tertiary/aromatic N) is 3. The van der Waals surface area contributed by atoms with Crippen LogP contribution >= 0.6 is 35.3 Å². The number of fused-ring (bicyclic) bond motifs is 1. The number of halogens is 1. The van der Waals surface area contributed by atoms with Crippen molar-refractivity contribution in [2.45, 2.75) is 39.3 Å². The summed E-state index contributed by atoms with van der Waals surface area (Å²) in [7, 11) is 1.80. The number of ether oxygens (including phenoxy) is 1. The molecule has 1 atom stereocenters. The molecule has 1 aromatic carbocycles. The molecular formula is C24H33IN4O2S. The summed E-state index contributed by atoms with van der Waals surface area (Å²) < 4.78 is 6.07. The highest BCUT2D eigenvalue weighted by Gasteiger charge is 2.26. The van der Waals surface area contributed by atoms with E-state index in [9.17, 15) is 4.79 Å². The van der Waals surface area contributed by atoms with Crippen molar-refractivity contribution >= 4 is 47.2 Å². The Kier molecular flexibility index (Phi) is 8.95. The van der Waals surface area contributed by atoms with Crippen molar-refractivity contribution in [2.75, 3.05) is 39.8 Å². The quantitative estimate of drug-likeness (QED) is 0.346. The van der Waals surface area contributed by atoms with Gasteiger partial charge >= 0.3 is 0 Å². The molecule has 2 aliphatic rings. The van der Waals surface area contributed by atoms with Crippen LogP contribution in [0.1, 0.15) is 39.7 Å². The molecule has 8 heteroatoms. The molecule has 0 spiro atoms. The Morgan fingerprint density at radius 3 is 2.88 bits per heavy atom. The largest absolute Gasteiger partial charge is 0.370 e. The van der Waals surface area contributed by atoms with E-state index in [-0.39, 0.29) is 36.0 Å². The molecule has 2 aromatic rings. The summed E-state index contributed by atoms with van der Waals surface area (Å²) in [6.45, 7) is 8.62. The van der Waals surface area contributed by atoms with Crippen molar-refractivity contribution in [3.63, 3.8) is 0 Å². The Morgan fingerprint density at radius 1 is 1.25 bits per heavy atom. The van der Waals surface area contributed by atoms with E-state index in [1.165, 1.54) is 27.1 Å². The predicted molar refractivity (Wildman–Crippen MR) is 141 cm³/mol. The third-order valence-corrected chi connectivity index (χ3v) is 7.16. The second-order valence-electron chi connectivity index (χ2n) is 8.32. The SMILES string of the molecule is CN=C(NCCC(=O)N1CCc2sccc2C1)N1CCOC(c2ccc(C)cc2C)C1.I. The topological polar surface area (TPSA) is 57.2 Å². The van der Waals surface area contributed by atoms with Gasteiger partial charge in [0.25, 0.3) is 0 Å². The lowest BCUT2D eigenvalue weighted by molar-refractivity contribution is -0.131. The minimum Gasteiger partial charge on any atom is -0.370 e. The highest BCUT2D eigenvalue weighted by molar-refractivity contribution is 14.0. The first-order chi connectivity index (χ1) is 15.0. The van der Waals surface area contributed by atoms with Crippen molar-refractivity contribution in [3.05, 3.63) is 56.8 Å². The van der Waals surface area contributed by atoms with E-state index >= 15 is 0 Å². The van der Waals surface area contributed by atoms with Crippen LogP contribution in [0.15, 0.2) is 34.6 Å². The first kappa shape index (κ1) is 25.0. The first-order valence-corrected chi connectivity index (χ1v) is 11.9. The number of aliphatic imine (C=N–C) groups is 1. The maximum Gasteiger partial charge on any atom is 0.224 e. The van der Waals surface area contributed by atoms with Crippen LogP contribution in [-0.2, 0) is 22.5 Å². The van der Waals surface area contributed by atoms with E-state index in [4.69, 9.17) is 4.74 Å². The van der Waals surface area contributed by atoms with E-state index < -0.39 is 0 Å². The number of hydrogen-bond donors (Lipinski definition) is 1. The van der Waals surface area contributed by atoms with E-state index in [0.29, 0.717) is 19.6 Å². The highest BCUT2D eigenvalue weighted by atomic mass is 127. The number of thiophene rings is 1. The van der Waals surface area contributed by atoms with Crippen molar-refractivity contribution in [3.8, 4) is 0 Å². The lowest BCUT2D eigenvalue weighted by Gasteiger charge is -2.36. The Balaban J connectivity index is 0.00000289. The van der Waals surface area contributed by atoms with Gasteiger partial charge in [0.1, 0.15) is 6.10 Å². The molecule has 32 heavy (non-hydrogen) atoms. The molecule has 1 aromatic heterocycles. The smallest absolute Gasteiger partial charge is 0.224 e. The predicted octanol–water partition coefficient (Wildman–Crippen LogP) is 3.91. The minimum atomic E-state index is 0. The fourth-order valence-corrected chi connectivity index (χ4v) is 5.34. The number of rotatable bonds is 4. The van der Waals surface area contributed by atoms with Gasteiger partial charge in [-0.3, -0.25) is 9.79 Å². The molecule has 0 saturated carbocycles. The van der Waals surface area contributed by atoms with Gasteiger partial charge in [-0.05, 0) is 48.4 Å². The molecular weight excluding hydrogens is 535 g/mol. The van der Waals surface area contributed by atoms with Crippen LogP contribution in [0.5, 0.6) is 0 Å². The van der Waals surface area contributed by atoms with Crippen LogP contribution in [0.2, 0.25) is 0 Å². The van der Waals surface area contributed by atoms with Crippen molar-refractivity contribution in [1.29, 1.82) is 0 Å². The molecule has 1 fully saturated rings. The lowest BCUT2D eigenvalue weighted by atomic mass is 10.00. The zero-order chi connectivity index (χ0) is 21.8. The third kappa shape index (κ3) is 5.82. The number of carbonyl (C=O) groups excluding carboxylic acids is 1. The molecule has 3 heterocycles. The van der Waals surface area contributed by atoms with Gasteiger partial charge in [-0.15, -0.1) is 35.3 Å². The van der Waals surface area contributed by atoms with Gasteiger partial charge in [-0.1, -0.05) is 23.8 Å². The maximum atomic E-state index is 12.7. The fraction of sp³-hybridized carbons (Fsp3) is 0.500. The number of carbonyl (C=O) groups is 1. The monoisotopic (exact) mass is 568 g/mol. The second-order valence-corrected chi connectivity index (χ2v) is 9.32. The van der Waals surface area contributed by atoms with Gasteiger partial charge in [0, 0.05) is 44.5 Å². The number of hydrogen-bond acceptors (Lipinski definition) is 4. The number of benzene rings is 1. The van der Waals surface area contributed by atoms with E-state index in [0.717, 1.165) is 38.6 Å². The van der Waals surface area contributed by atoms with Gasteiger partial charge in [0.2, 0.25) is 5.91 Å². The molecule has 0 bridgehead atoms. The summed E-state index contributed by atoms with van der Waals surface area (Å²) in [6, 6.07) is 8.66.